The molecule has 82 valence electrons. The van der Waals surface area contributed by atoms with E-state index in [9.17, 15) is 9.18 Å². The van der Waals surface area contributed by atoms with E-state index < -0.39 is 11.8 Å². The average Bonchev–Trinajstić information content (AvgIpc) is 2.10. The van der Waals surface area contributed by atoms with Gasteiger partial charge in [-0.25, -0.2) is 9.18 Å². The minimum Gasteiger partial charge on any atom is -0.478 e. The number of nitrogen functional groups attached to an aromatic ring is 1. The zero-order valence-corrected chi connectivity index (χ0v) is 8.62. The normalized spacial score (nSPS) is 10.7. The zero-order valence-electron chi connectivity index (χ0n) is 8.62. The van der Waals surface area contributed by atoms with Crippen molar-refractivity contribution in [2.75, 3.05) is 19.8 Å². The van der Waals surface area contributed by atoms with E-state index in [1.54, 1.807) is 19.0 Å². The van der Waals surface area contributed by atoms with Crippen molar-refractivity contribution < 1.29 is 14.3 Å². The summed E-state index contributed by atoms with van der Waals surface area (Å²) in [7, 11) is 3.56. The monoisotopic (exact) mass is 212 g/mol. The van der Waals surface area contributed by atoms with Gasteiger partial charge in [0.05, 0.1) is 5.56 Å². The Labute approximate surface area is 87.1 Å². The second kappa shape index (κ2) is 4.27. The van der Waals surface area contributed by atoms with E-state index in [-0.39, 0.29) is 11.3 Å². The van der Waals surface area contributed by atoms with Gasteiger partial charge in [0.2, 0.25) is 0 Å². The molecule has 3 N–H and O–H groups in total. The zero-order chi connectivity index (χ0) is 11.6. The van der Waals surface area contributed by atoms with Crippen LogP contribution in [0.3, 0.4) is 0 Å². The topological polar surface area (TPSA) is 66.6 Å². The Kier molecular flexibility index (Phi) is 3.26. The van der Waals surface area contributed by atoms with Gasteiger partial charge in [0, 0.05) is 17.8 Å². The summed E-state index contributed by atoms with van der Waals surface area (Å²) in [4.78, 5) is 12.4. The molecular weight excluding hydrogens is 199 g/mol. The molecule has 0 amide bonds. The summed E-state index contributed by atoms with van der Waals surface area (Å²) < 4.78 is 13.5. The van der Waals surface area contributed by atoms with Crippen molar-refractivity contribution in [1.82, 2.24) is 4.90 Å². The highest BCUT2D eigenvalue weighted by molar-refractivity contribution is 5.89. The van der Waals surface area contributed by atoms with Crippen LogP contribution in [0.4, 0.5) is 10.1 Å². The van der Waals surface area contributed by atoms with E-state index in [1.165, 1.54) is 6.07 Å². The van der Waals surface area contributed by atoms with Gasteiger partial charge in [0.15, 0.2) is 0 Å². The molecule has 0 saturated carbocycles. The molecule has 0 aromatic heterocycles. The van der Waals surface area contributed by atoms with Crippen molar-refractivity contribution in [2.45, 2.75) is 6.54 Å². The van der Waals surface area contributed by atoms with Gasteiger partial charge < -0.3 is 15.7 Å². The lowest BCUT2D eigenvalue weighted by Gasteiger charge is -2.13. The van der Waals surface area contributed by atoms with E-state index in [1.807, 2.05) is 0 Å². The molecule has 0 fully saturated rings. The van der Waals surface area contributed by atoms with E-state index in [0.29, 0.717) is 12.1 Å². The average molecular weight is 212 g/mol. The first-order valence-corrected chi connectivity index (χ1v) is 4.37. The predicted molar refractivity (Wildman–Crippen MR) is 55.2 cm³/mol. The predicted octanol–water partition coefficient (Wildman–Crippen LogP) is 1.17. The Morgan fingerprint density at radius 2 is 2.13 bits per heavy atom. The molecule has 0 aliphatic heterocycles. The summed E-state index contributed by atoms with van der Waals surface area (Å²) in [5, 5.41) is 8.67. The number of carboxylic acid groups (broad SMARTS) is 1. The quantitative estimate of drug-likeness (QED) is 0.738. The number of hydrogen-bond acceptors (Lipinski definition) is 3. The lowest BCUT2D eigenvalue weighted by Crippen LogP contribution is -2.14. The first-order chi connectivity index (χ1) is 6.91. The van der Waals surface area contributed by atoms with Crippen LogP contribution in [0, 0.1) is 5.82 Å². The van der Waals surface area contributed by atoms with Crippen LogP contribution in [0.25, 0.3) is 0 Å². The summed E-state index contributed by atoms with van der Waals surface area (Å²) in [5.74, 6) is -1.77. The van der Waals surface area contributed by atoms with Crippen molar-refractivity contribution in [3.63, 3.8) is 0 Å². The van der Waals surface area contributed by atoms with Crippen LogP contribution in [0.2, 0.25) is 0 Å². The van der Waals surface area contributed by atoms with Crippen LogP contribution in [0.5, 0.6) is 0 Å². The number of halogens is 1. The second-order valence-electron chi connectivity index (χ2n) is 3.57. The number of hydrogen-bond donors (Lipinski definition) is 2. The van der Waals surface area contributed by atoms with Gasteiger partial charge in [0.25, 0.3) is 0 Å². The fraction of sp³-hybridized carbons (Fsp3) is 0.300. The molecular formula is C10H13FN2O2. The molecule has 1 aromatic rings. The van der Waals surface area contributed by atoms with Crippen LogP contribution >= 0.6 is 0 Å². The number of aromatic carboxylic acids is 1. The maximum atomic E-state index is 13.5. The number of benzene rings is 1. The summed E-state index contributed by atoms with van der Waals surface area (Å²) in [5.41, 5.74) is 5.94. The molecule has 0 heterocycles. The lowest BCUT2D eigenvalue weighted by atomic mass is 10.1. The third-order valence-corrected chi connectivity index (χ3v) is 1.95. The highest BCUT2D eigenvalue weighted by Gasteiger charge is 2.12. The van der Waals surface area contributed by atoms with Crippen LogP contribution in [0.1, 0.15) is 15.9 Å². The van der Waals surface area contributed by atoms with Gasteiger partial charge in [-0.1, -0.05) is 0 Å². The molecule has 0 unspecified atom stereocenters. The van der Waals surface area contributed by atoms with Gasteiger partial charge in [-0.05, 0) is 26.2 Å². The number of nitrogens with two attached hydrogens (primary N) is 1. The molecule has 0 spiro atoms. The molecule has 0 saturated heterocycles. The first-order valence-electron chi connectivity index (χ1n) is 4.37. The van der Waals surface area contributed by atoms with Gasteiger partial charge in [0.1, 0.15) is 5.82 Å². The Morgan fingerprint density at radius 1 is 1.53 bits per heavy atom. The molecule has 15 heavy (non-hydrogen) atoms. The second-order valence-corrected chi connectivity index (χ2v) is 3.57. The fourth-order valence-electron chi connectivity index (χ4n) is 1.26. The standard InChI is InChI=1S/C10H13FN2O2/c1-13(2)5-7-8(11)3-6(10(14)15)4-9(7)12/h3-4H,5,12H2,1-2H3,(H,14,15). The molecule has 5 heteroatoms. The molecule has 0 bridgehead atoms. The third-order valence-electron chi connectivity index (χ3n) is 1.95. The van der Waals surface area contributed by atoms with Gasteiger partial charge in [-0.15, -0.1) is 0 Å². The maximum absolute atomic E-state index is 13.5. The van der Waals surface area contributed by atoms with Crippen molar-refractivity contribution in [3.05, 3.63) is 29.1 Å². The van der Waals surface area contributed by atoms with Gasteiger partial charge in [-0.2, -0.15) is 0 Å². The van der Waals surface area contributed by atoms with Crippen LogP contribution in [0.15, 0.2) is 12.1 Å². The Balaban J connectivity index is 3.15. The van der Waals surface area contributed by atoms with Crippen LogP contribution in [-0.4, -0.2) is 30.1 Å². The Morgan fingerprint density at radius 3 is 2.53 bits per heavy atom. The molecule has 0 aliphatic rings. The Bertz CT molecular complexity index is 368. The molecule has 1 aromatic carbocycles. The van der Waals surface area contributed by atoms with E-state index >= 15 is 0 Å². The van der Waals surface area contributed by atoms with Crippen LogP contribution in [-0.2, 0) is 6.54 Å². The smallest absolute Gasteiger partial charge is 0.335 e. The molecule has 0 aliphatic carbocycles. The number of carbonyl (C=O) groups is 1. The minimum absolute atomic E-state index is 0.132. The number of carboxylic acids is 1. The molecule has 1 rings (SSSR count). The third kappa shape index (κ3) is 2.66. The largest absolute Gasteiger partial charge is 0.478 e. The van der Waals surface area contributed by atoms with Crippen molar-refractivity contribution in [1.29, 1.82) is 0 Å². The lowest BCUT2D eigenvalue weighted by molar-refractivity contribution is 0.0696. The fourth-order valence-corrected chi connectivity index (χ4v) is 1.26. The van der Waals surface area contributed by atoms with Crippen molar-refractivity contribution >= 4 is 11.7 Å². The minimum atomic E-state index is -1.18. The van der Waals surface area contributed by atoms with Crippen molar-refractivity contribution in [3.8, 4) is 0 Å². The van der Waals surface area contributed by atoms with E-state index in [4.69, 9.17) is 10.8 Å². The molecule has 4 nitrogen and oxygen atoms in total. The maximum Gasteiger partial charge on any atom is 0.335 e. The number of rotatable bonds is 3. The van der Waals surface area contributed by atoms with Gasteiger partial charge in [-0.3, -0.25) is 0 Å². The van der Waals surface area contributed by atoms with E-state index in [2.05, 4.69) is 0 Å². The molecule has 0 radical (unpaired) electrons. The van der Waals surface area contributed by atoms with Gasteiger partial charge >= 0.3 is 5.97 Å². The summed E-state index contributed by atoms with van der Waals surface area (Å²) >= 11 is 0. The molecule has 0 atom stereocenters. The summed E-state index contributed by atoms with van der Waals surface area (Å²) in [6.45, 7) is 0.345. The SMILES string of the molecule is CN(C)Cc1c(N)cc(C(=O)O)cc1F. The highest BCUT2D eigenvalue weighted by Crippen LogP contribution is 2.20. The summed E-state index contributed by atoms with van der Waals surface area (Å²) in [6.07, 6.45) is 0. The van der Waals surface area contributed by atoms with Crippen LogP contribution < -0.4 is 5.73 Å². The van der Waals surface area contributed by atoms with Crippen molar-refractivity contribution in [2.24, 2.45) is 0 Å². The van der Waals surface area contributed by atoms with E-state index in [0.717, 1.165) is 6.07 Å². The number of nitrogens with zero attached hydrogens (tertiary/aromatic N) is 1. The summed E-state index contributed by atoms with van der Waals surface area (Å²) in [6, 6.07) is 2.25. The highest BCUT2D eigenvalue weighted by atomic mass is 19.1. The number of anilines is 1. The Hall–Kier alpha value is -1.62. The first kappa shape index (κ1) is 11.5.